The topological polar surface area (TPSA) is 9.23 Å². The molecule has 0 N–H and O–H groups in total. The predicted octanol–water partition coefficient (Wildman–Crippen LogP) is 6.60. The Morgan fingerprint density at radius 1 is 0.818 bits per heavy atom. The zero-order valence-electron chi connectivity index (χ0n) is 15.5. The van der Waals surface area contributed by atoms with E-state index in [9.17, 15) is 0 Å². The van der Waals surface area contributed by atoms with Gasteiger partial charge in [0.15, 0.2) is 0 Å². The third-order valence-electron chi connectivity index (χ3n) is 6.63. The lowest BCUT2D eigenvalue weighted by atomic mass is 9.67. The molecule has 22 heavy (non-hydrogen) atoms. The molecule has 0 aromatic carbocycles. The van der Waals surface area contributed by atoms with Gasteiger partial charge in [-0.1, -0.05) is 58.8 Å². The minimum atomic E-state index is 0.566. The molecule has 0 heterocycles. The number of rotatable bonds is 8. The van der Waals surface area contributed by atoms with Crippen molar-refractivity contribution in [1.82, 2.24) is 0 Å². The van der Waals surface area contributed by atoms with Gasteiger partial charge in [-0.05, 0) is 62.7 Å². The van der Waals surface area contributed by atoms with Crippen LogP contribution in [0.1, 0.15) is 97.8 Å². The molecule has 0 amide bonds. The highest BCUT2D eigenvalue weighted by molar-refractivity contribution is 4.86. The average molecular weight is 309 g/mol. The average Bonchev–Trinajstić information content (AvgIpc) is 2.56. The number of hydrogen-bond acceptors (Lipinski definition) is 1. The van der Waals surface area contributed by atoms with Gasteiger partial charge in [0.1, 0.15) is 0 Å². The largest absolute Gasteiger partial charge is 0.378 e. The fourth-order valence-electron chi connectivity index (χ4n) is 5.20. The Kier molecular flexibility index (Phi) is 8.28. The van der Waals surface area contributed by atoms with E-state index in [-0.39, 0.29) is 0 Å². The summed E-state index contributed by atoms with van der Waals surface area (Å²) in [7, 11) is 0. The predicted molar refractivity (Wildman–Crippen MR) is 96.1 cm³/mol. The van der Waals surface area contributed by atoms with Crippen molar-refractivity contribution in [3.8, 4) is 0 Å². The molecular weight excluding hydrogens is 268 g/mol. The first kappa shape index (κ1) is 18.3. The van der Waals surface area contributed by atoms with E-state index in [0.29, 0.717) is 6.10 Å². The molecule has 1 heteroatoms. The molecule has 1 unspecified atom stereocenters. The van der Waals surface area contributed by atoms with E-state index in [4.69, 9.17) is 4.74 Å². The quantitative estimate of drug-likeness (QED) is 0.459. The van der Waals surface area contributed by atoms with Crippen molar-refractivity contribution >= 4 is 0 Å². The van der Waals surface area contributed by atoms with E-state index in [1.165, 1.54) is 77.0 Å². The van der Waals surface area contributed by atoms with Crippen LogP contribution in [0.15, 0.2) is 0 Å². The van der Waals surface area contributed by atoms with Crippen LogP contribution in [-0.2, 0) is 4.74 Å². The number of hydrogen-bond donors (Lipinski definition) is 0. The minimum Gasteiger partial charge on any atom is -0.378 e. The van der Waals surface area contributed by atoms with Gasteiger partial charge in [0.2, 0.25) is 0 Å². The summed E-state index contributed by atoms with van der Waals surface area (Å²) < 4.78 is 5.99. The van der Waals surface area contributed by atoms with Gasteiger partial charge < -0.3 is 4.74 Å². The Morgan fingerprint density at radius 3 is 2.18 bits per heavy atom. The lowest BCUT2D eigenvalue weighted by Crippen LogP contribution is -2.35. The first-order valence-electron chi connectivity index (χ1n) is 10.4. The fraction of sp³-hybridized carbons (Fsp3) is 1.00. The summed E-state index contributed by atoms with van der Waals surface area (Å²) in [5.41, 5.74) is 0. The maximum absolute atomic E-state index is 5.99. The fourth-order valence-corrected chi connectivity index (χ4v) is 5.20. The Balaban J connectivity index is 1.72. The normalized spacial score (nSPS) is 36.4. The first-order valence-corrected chi connectivity index (χ1v) is 10.4. The molecule has 0 aliphatic heterocycles. The summed E-state index contributed by atoms with van der Waals surface area (Å²) in [6, 6.07) is 0. The van der Waals surface area contributed by atoms with Gasteiger partial charge in [-0.3, -0.25) is 0 Å². The van der Waals surface area contributed by atoms with Crippen LogP contribution in [0.2, 0.25) is 0 Å². The van der Waals surface area contributed by atoms with E-state index in [2.05, 4.69) is 20.8 Å². The van der Waals surface area contributed by atoms with Crippen molar-refractivity contribution in [2.24, 2.45) is 23.7 Å². The van der Waals surface area contributed by atoms with Crippen LogP contribution >= 0.6 is 0 Å². The zero-order valence-corrected chi connectivity index (χ0v) is 15.5. The lowest BCUT2D eigenvalue weighted by molar-refractivity contribution is -0.0296. The van der Waals surface area contributed by atoms with Crippen LogP contribution in [0.3, 0.4) is 0 Å². The highest BCUT2D eigenvalue weighted by Gasteiger charge is 2.35. The lowest BCUT2D eigenvalue weighted by Gasteiger charge is -2.41. The standard InChI is InChI=1S/C21H40O/c1-4-7-8-9-17-10-12-19(13-11-17)20-14-15-21(22-6-3)18(5-2)16-20/h17-21H,4-16H2,1-3H3/t17?,18-,19?,20?,21-/m1/s1. The van der Waals surface area contributed by atoms with Crippen molar-refractivity contribution < 1.29 is 4.74 Å². The summed E-state index contributed by atoms with van der Waals surface area (Å²) in [6.45, 7) is 7.73. The summed E-state index contributed by atoms with van der Waals surface area (Å²) in [4.78, 5) is 0. The number of ether oxygens (including phenoxy) is 1. The SMILES string of the molecule is CCCCCC1CCC(C2CC[C@@H](OCC)[C@H](CC)C2)CC1. The Hall–Kier alpha value is -0.0400. The first-order chi connectivity index (χ1) is 10.8. The van der Waals surface area contributed by atoms with Crippen molar-refractivity contribution in [3.05, 3.63) is 0 Å². The Labute approximate surface area is 139 Å². The molecule has 2 saturated carbocycles. The number of unbranched alkanes of at least 4 members (excludes halogenated alkanes) is 2. The van der Waals surface area contributed by atoms with E-state index in [1.807, 2.05) is 0 Å². The second-order valence-corrected chi connectivity index (χ2v) is 8.01. The van der Waals surface area contributed by atoms with Crippen molar-refractivity contribution in [2.45, 2.75) is 104 Å². The molecule has 0 aromatic rings. The zero-order chi connectivity index (χ0) is 15.8. The molecule has 2 fully saturated rings. The summed E-state index contributed by atoms with van der Waals surface area (Å²) in [5.74, 6) is 3.95. The van der Waals surface area contributed by atoms with Gasteiger partial charge in [0.25, 0.3) is 0 Å². The van der Waals surface area contributed by atoms with Crippen LogP contribution in [0.25, 0.3) is 0 Å². The molecule has 0 saturated heterocycles. The highest BCUT2D eigenvalue weighted by Crippen LogP contribution is 2.43. The second kappa shape index (κ2) is 9.96. The summed E-state index contributed by atoms with van der Waals surface area (Å²) in [6.07, 6.45) is 18.0. The van der Waals surface area contributed by atoms with E-state index >= 15 is 0 Å². The maximum Gasteiger partial charge on any atom is 0.0603 e. The van der Waals surface area contributed by atoms with Crippen LogP contribution < -0.4 is 0 Å². The van der Waals surface area contributed by atoms with Crippen LogP contribution in [-0.4, -0.2) is 12.7 Å². The van der Waals surface area contributed by atoms with Crippen molar-refractivity contribution in [1.29, 1.82) is 0 Å². The molecule has 2 aliphatic rings. The van der Waals surface area contributed by atoms with Gasteiger partial charge in [0.05, 0.1) is 6.10 Å². The van der Waals surface area contributed by atoms with Gasteiger partial charge >= 0.3 is 0 Å². The van der Waals surface area contributed by atoms with Gasteiger partial charge in [-0.15, -0.1) is 0 Å². The van der Waals surface area contributed by atoms with Crippen LogP contribution in [0.5, 0.6) is 0 Å². The Bertz CT molecular complexity index is 280. The third-order valence-corrected chi connectivity index (χ3v) is 6.63. The van der Waals surface area contributed by atoms with Crippen molar-refractivity contribution in [3.63, 3.8) is 0 Å². The second-order valence-electron chi connectivity index (χ2n) is 8.01. The summed E-state index contributed by atoms with van der Waals surface area (Å²) >= 11 is 0. The van der Waals surface area contributed by atoms with Crippen LogP contribution in [0, 0.1) is 23.7 Å². The molecule has 0 bridgehead atoms. The third kappa shape index (κ3) is 5.25. The smallest absolute Gasteiger partial charge is 0.0603 e. The Morgan fingerprint density at radius 2 is 1.55 bits per heavy atom. The van der Waals surface area contributed by atoms with Crippen LogP contribution in [0.4, 0.5) is 0 Å². The highest BCUT2D eigenvalue weighted by atomic mass is 16.5. The van der Waals surface area contributed by atoms with Gasteiger partial charge in [-0.2, -0.15) is 0 Å². The monoisotopic (exact) mass is 308 g/mol. The molecule has 130 valence electrons. The van der Waals surface area contributed by atoms with Gasteiger partial charge in [-0.25, -0.2) is 0 Å². The molecule has 2 rings (SSSR count). The van der Waals surface area contributed by atoms with Crippen molar-refractivity contribution in [2.75, 3.05) is 6.61 Å². The molecule has 0 spiro atoms. The molecule has 0 radical (unpaired) electrons. The molecule has 1 nitrogen and oxygen atoms in total. The van der Waals surface area contributed by atoms with E-state index < -0.39 is 0 Å². The molecule has 2 aliphatic carbocycles. The molecule has 3 atom stereocenters. The maximum atomic E-state index is 5.99. The van der Waals surface area contributed by atoms with E-state index in [1.54, 1.807) is 0 Å². The van der Waals surface area contributed by atoms with E-state index in [0.717, 1.165) is 30.3 Å². The minimum absolute atomic E-state index is 0.566. The van der Waals surface area contributed by atoms with Gasteiger partial charge in [0, 0.05) is 6.61 Å². The summed E-state index contributed by atoms with van der Waals surface area (Å²) in [5, 5.41) is 0. The molecule has 0 aromatic heterocycles. The molecular formula is C21H40O.